The molecule has 1 rings (SSSR count). The molecule has 1 heterocycles. The Morgan fingerprint density at radius 3 is 2.53 bits per heavy atom. The van der Waals surface area contributed by atoms with Crippen molar-refractivity contribution in [2.75, 3.05) is 0 Å². The summed E-state index contributed by atoms with van der Waals surface area (Å²) < 4.78 is 1.25. The van der Waals surface area contributed by atoms with Crippen LogP contribution in [0.2, 0.25) is 5.15 Å². The van der Waals surface area contributed by atoms with Crippen molar-refractivity contribution in [3.8, 4) is 0 Å². The molecule has 0 aliphatic carbocycles. The molecule has 0 saturated carbocycles. The van der Waals surface area contributed by atoms with Crippen molar-refractivity contribution in [3.63, 3.8) is 0 Å². The lowest BCUT2D eigenvalue weighted by Crippen LogP contribution is -2.37. The Kier molecular flexibility index (Phi) is 5.00. The number of nitrogens with one attached hydrogen (secondary N) is 1. The minimum atomic E-state index is -0.416. The van der Waals surface area contributed by atoms with Gasteiger partial charge < -0.3 is 0 Å². The summed E-state index contributed by atoms with van der Waals surface area (Å²) in [7, 11) is 0. The summed E-state index contributed by atoms with van der Waals surface area (Å²) in [5.74, 6) is 0.451. The largest absolute Gasteiger partial charge is 0.329 e. The van der Waals surface area contributed by atoms with Gasteiger partial charge in [0.25, 0.3) is 5.56 Å². The third-order valence-corrected chi connectivity index (χ3v) is 2.98. The Morgan fingerprint density at radius 1 is 1.35 bits per heavy atom. The monoisotopic (exact) mass is 258 g/mol. The van der Waals surface area contributed by atoms with Gasteiger partial charge in [-0.2, -0.15) is 0 Å². The second-order valence-corrected chi connectivity index (χ2v) is 4.99. The van der Waals surface area contributed by atoms with E-state index in [0.29, 0.717) is 24.4 Å². The molecule has 1 N–H and O–H groups in total. The van der Waals surface area contributed by atoms with Crippen molar-refractivity contribution < 1.29 is 0 Å². The van der Waals surface area contributed by atoms with Crippen LogP contribution in [0.25, 0.3) is 0 Å². The van der Waals surface area contributed by atoms with Crippen molar-refractivity contribution >= 4 is 11.6 Å². The van der Waals surface area contributed by atoms with Gasteiger partial charge in [-0.05, 0) is 18.8 Å². The van der Waals surface area contributed by atoms with E-state index in [2.05, 4.69) is 18.8 Å². The van der Waals surface area contributed by atoms with Crippen molar-refractivity contribution in [2.45, 2.75) is 46.6 Å². The highest BCUT2D eigenvalue weighted by atomic mass is 35.5. The van der Waals surface area contributed by atoms with Crippen LogP contribution in [0, 0.1) is 5.92 Å². The molecule has 0 saturated heterocycles. The summed E-state index contributed by atoms with van der Waals surface area (Å²) in [5, 5.41) is 0.183. The highest BCUT2D eigenvalue weighted by molar-refractivity contribution is 6.30. The molecule has 0 aromatic carbocycles. The second kappa shape index (κ2) is 6.05. The zero-order valence-corrected chi connectivity index (χ0v) is 11.3. The predicted octanol–water partition coefficient (Wildman–Crippen LogP) is 2.19. The van der Waals surface area contributed by atoms with E-state index in [-0.39, 0.29) is 10.7 Å². The minimum Gasteiger partial charge on any atom is -0.297 e. The van der Waals surface area contributed by atoms with Gasteiger partial charge in [-0.3, -0.25) is 14.3 Å². The molecular weight excluding hydrogens is 240 g/mol. The molecule has 0 unspecified atom stereocenters. The SMILES string of the molecule is CCCc1c(Cl)[nH]c(=O)n(CCC(C)C)c1=O. The molecule has 5 heteroatoms. The smallest absolute Gasteiger partial charge is 0.297 e. The van der Waals surface area contributed by atoms with E-state index in [4.69, 9.17) is 11.6 Å². The van der Waals surface area contributed by atoms with Crippen molar-refractivity contribution in [3.05, 3.63) is 31.6 Å². The van der Waals surface area contributed by atoms with Gasteiger partial charge in [-0.1, -0.05) is 38.8 Å². The van der Waals surface area contributed by atoms with Crippen LogP contribution in [-0.2, 0) is 13.0 Å². The van der Waals surface area contributed by atoms with Gasteiger partial charge in [0, 0.05) is 6.54 Å². The van der Waals surface area contributed by atoms with E-state index in [1.165, 1.54) is 4.57 Å². The third-order valence-electron chi connectivity index (χ3n) is 2.66. The summed E-state index contributed by atoms with van der Waals surface area (Å²) in [5.41, 5.74) is -0.153. The van der Waals surface area contributed by atoms with Crippen LogP contribution in [0.15, 0.2) is 9.59 Å². The Labute approximate surface area is 106 Å². The summed E-state index contributed by atoms with van der Waals surface area (Å²) in [6, 6.07) is 0. The molecule has 0 aliphatic rings. The van der Waals surface area contributed by atoms with Crippen LogP contribution in [0.1, 0.15) is 39.2 Å². The fraction of sp³-hybridized carbons (Fsp3) is 0.667. The van der Waals surface area contributed by atoms with E-state index in [0.717, 1.165) is 12.8 Å². The van der Waals surface area contributed by atoms with Crippen molar-refractivity contribution in [2.24, 2.45) is 5.92 Å². The average molecular weight is 259 g/mol. The molecule has 96 valence electrons. The topological polar surface area (TPSA) is 54.9 Å². The lowest BCUT2D eigenvalue weighted by atomic mass is 10.1. The van der Waals surface area contributed by atoms with E-state index in [1.54, 1.807) is 0 Å². The normalized spacial score (nSPS) is 11.1. The number of hydrogen-bond acceptors (Lipinski definition) is 2. The Morgan fingerprint density at radius 2 is 2.00 bits per heavy atom. The molecular formula is C12H19ClN2O2. The molecule has 0 amide bonds. The van der Waals surface area contributed by atoms with Crippen LogP contribution < -0.4 is 11.2 Å². The van der Waals surface area contributed by atoms with Gasteiger partial charge >= 0.3 is 5.69 Å². The standard InChI is InChI=1S/C12H19ClN2O2/c1-4-5-9-10(13)14-12(17)15(11(9)16)7-6-8(2)3/h8H,4-7H2,1-3H3,(H,14,17). The van der Waals surface area contributed by atoms with E-state index in [1.807, 2.05) is 6.92 Å². The van der Waals surface area contributed by atoms with E-state index >= 15 is 0 Å². The third kappa shape index (κ3) is 3.46. The second-order valence-electron chi connectivity index (χ2n) is 4.61. The van der Waals surface area contributed by atoms with Gasteiger partial charge in [0.2, 0.25) is 0 Å². The van der Waals surface area contributed by atoms with Gasteiger partial charge in [-0.25, -0.2) is 4.79 Å². The van der Waals surface area contributed by atoms with Crippen LogP contribution in [-0.4, -0.2) is 9.55 Å². The Bertz CT molecular complexity index is 488. The van der Waals surface area contributed by atoms with Crippen LogP contribution in [0.5, 0.6) is 0 Å². The maximum atomic E-state index is 12.1. The number of rotatable bonds is 5. The van der Waals surface area contributed by atoms with Crippen LogP contribution in [0.4, 0.5) is 0 Å². The first kappa shape index (κ1) is 14.0. The summed E-state index contributed by atoms with van der Waals surface area (Å²) >= 11 is 5.88. The number of aromatic amines is 1. The molecule has 4 nitrogen and oxygen atoms in total. The molecule has 0 atom stereocenters. The van der Waals surface area contributed by atoms with Gasteiger partial charge in [0.15, 0.2) is 0 Å². The molecule has 0 bridgehead atoms. The number of aromatic nitrogens is 2. The summed E-state index contributed by atoms with van der Waals surface area (Å²) in [6.45, 7) is 6.53. The highest BCUT2D eigenvalue weighted by Crippen LogP contribution is 2.08. The quantitative estimate of drug-likeness (QED) is 0.823. The first-order valence-electron chi connectivity index (χ1n) is 5.98. The van der Waals surface area contributed by atoms with Crippen molar-refractivity contribution in [1.29, 1.82) is 0 Å². The minimum absolute atomic E-state index is 0.183. The Hall–Kier alpha value is -1.03. The number of H-pyrrole nitrogens is 1. The first-order chi connectivity index (χ1) is 7.97. The summed E-state index contributed by atoms with van der Waals surface area (Å²) in [6.07, 6.45) is 2.22. The van der Waals surface area contributed by atoms with E-state index in [9.17, 15) is 9.59 Å². The molecule has 0 aliphatic heterocycles. The number of nitrogens with zero attached hydrogens (tertiary/aromatic N) is 1. The number of halogens is 1. The van der Waals surface area contributed by atoms with Crippen molar-refractivity contribution in [1.82, 2.24) is 9.55 Å². The molecule has 1 aromatic heterocycles. The van der Waals surface area contributed by atoms with Gasteiger partial charge in [0.1, 0.15) is 5.15 Å². The zero-order valence-electron chi connectivity index (χ0n) is 10.5. The fourth-order valence-electron chi connectivity index (χ4n) is 1.64. The average Bonchev–Trinajstić information content (AvgIpc) is 2.23. The van der Waals surface area contributed by atoms with Crippen LogP contribution >= 0.6 is 11.6 Å². The maximum absolute atomic E-state index is 12.1. The predicted molar refractivity (Wildman–Crippen MR) is 69.8 cm³/mol. The lowest BCUT2D eigenvalue weighted by molar-refractivity contribution is 0.491. The molecule has 17 heavy (non-hydrogen) atoms. The Balaban J connectivity index is 3.17. The van der Waals surface area contributed by atoms with Gasteiger partial charge in [-0.15, -0.1) is 0 Å². The first-order valence-corrected chi connectivity index (χ1v) is 6.36. The van der Waals surface area contributed by atoms with Crippen LogP contribution in [0.3, 0.4) is 0 Å². The lowest BCUT2D eigenvalue weighted by Gasteiger charge is -2.09. The molecule has 0 radical (unpaired) electrons. The highest BCUT2D eigenvalue weighted by Gasteiger charge is 2.11. The number of hydrogen-bond donors (Lipinski definition) is 1. The van der Waals surface area contributed by atoms with Gasteiger partial charge in [0.05, 0.1) is 5.56 Å². The maximum Gasteiger partial charge on any atom is 0.329 e. The zero-order chi connectivity index (χ0) is 13.0. The molecule has 0 spiro atoms. The molecule has 0 fully saturated rings. The molecule has 1 aromatic rings. The fourth-order valence-corrected chi connectivity index (χ4v) is 1.90. The van der Waals surface area contributed by atoms with E-state index < -0.39 is 5.69 Å². The summed E-state index contributed by atoms with van der Waals surface area (Å²) in [4.78, 5) is 26.3.